The second-order valence-corrected chi connectivity index (χ2v) is 8.02. The summed E-state index contributed by atoms with van der Waals surface area (Å²) in [6, 6.07) is 12.4. The minimum absolute atomic E-state index is 0.0367. The van der Waals surface area contributed by atoms with E-state index in [4.69, 9.17) is 0 Å². The zero-order valence-corrected chi connectivity index (χ0v) is 15.2. The van der Waals surface area contributed by atoms with E-state index in [1.807, 2.05) is 31.2 Å². The molecule has 1 aliphatic heterocycles. The highest BCUT2D eigenvalue weighted by atomic mass is 32.2. The minimum atomic E-state index is -3.63. The monoisotopic (exact) mass is 358 g/mol. The van der Waals surface area contributed by atoms with Crippen LogP contribution in [0.4, 0.5) is 5.69 Å². The van der Waals surface area contributed by atoms with E-state index in [0.29, 0.717) is 18.5 Å². The Hall–Kier alpha value is -2.18. The van der Waals surface area contributed by atoms with Crippen LogP contribution in [0.3, 0.4) is 0 Å². The summed E-state index contributed by atoms with van der Waals surface area (Å²) in [5.74, 6) is -0.0367. The molecule has 2 aromatic rings. The summed E-state index contributed by atoms with van der Waals surface area (Å²) < 4.78 is 28.1. The van der Waals surface area contributed by atoms with Gasteiger partial charge in [0.05, 0.1) is 4.90 Å². The van der Waals surface area contributed by atoms with E-state index in [2.05, 4.69) is 17.0 Å². The average Bonchev–Trinajstić information content (AvgIpc) is 2.60. The highest BCUT2D eigenvalue weighted by molar-refractivity contribution is 7.89. The molecule has 1 amide bonds. The molecule has 1 heterocycles. The number of anilines is 1. The first-order chi connectivity index (χ1) is 11.9. The number of carbonyl (C=O) groups excluding carboxylic acids is 1. The molecular weight excluding hydrogens is 336 g/mol. The van der Waals surface area contributed by atoms with Gasteiger partial charge in [-0.15, -0.1) is 0 Å². The normalized spacial score (nSPS) is 15.4. The molecule has 2 N–H and O–H groups in total. The van der Waals surface area contributed by atoms with Crippen molar-refractivity contribution in [1.82, 2.24) is 4.72 Å². The molecule has 2 aromatic carbocycles. The van der Waals surface area contributed by atoms with Gasteiger partial charge in [-0.2, -0.15) is 0 Å². The maximum absolute atomic E-state index is 12.7. The van der Waals surface area contributed by atoms with Crippen LogP contribution in [-0.2, 0) is 27.7 Å². The van der Waals surface area contributed by atoms with E-state index in [0.717, 1.165) is 17.5 Å². The number of hydrogen-bond donors (Lipinski definition) is 2. The molecule has 3 rings (SSSR count). The molecule has 1 aliphatic rings. The highest BCUT2D eigenvalue weighted by Crippen LogP contribution is 2.26. The Balaban J connectivity index is 1.80. The number of sulfonamides is 1. The lowest BCUT2D eigenvalue weighted by Gasteiger charge is -2.19. The van der Waals surface area contributed by atoms with Crippen LogP contribution in [0.2, 0.25) is 0 Å². The molecule has 0 fully saturated rings. The zero-order valence-electron chi connectivity index (χ0n) is 14.4. The second kappa shape index (κ2) is 6.98. The van der Waals surface area contributed by atoms with Gasteiger partial charge in [-0.25, -0.2) is 13.1 Å². The van der Waals surface area contributed by atoms with Gasteiger partial charge in [-0.1, -0.05) is 31.2 Å². The van der Waals surface area contributed by atoms with Crippen molar-refractivity contribution >= 4 is 21.6 Å². The van der Waals surface area contributed by atoms with Gasteiger partial charge < -0.3 is 5.32 Å². The fourth-order valence-electron chi connectivity index (χ4n) is 2.94. The van der Waals surface area contributed by atoms with Crippen LogP contribution in [0.5, 0.6) is 0 Å². The summed E-state index contributed by atoms with van der Waals surface area (Å²) in [6.07, 6.45) is 1.88. The standard InChI is InChI=1S/C19H22N2O3S/c1-3-14-4-6-15(7-5-14)13(2)21-25(23,24)17-9-10-18-16(12-17)8-11-19(22)20-18/h4-7,9-10,12-13,21H,3,8,11H2,1-2H3,(H,20,22). The molecule has 25 heavy (non-hydrogen) atoms. The molecule has 132 valence electrons. The van der Waals surface area contributed by atoms with Crippen molar-refractivity contribution in [2.75, 3.05) is 5.32 Å². The van der Waals surface area contributed by atoms with Gasteiger partial charge in [0.1, 0.15) is 0 Å². The molecule has 6 heteroatoms. The number of rotatable bonds is 5. The first-order valence-electron chi connectivity index (χ1n) is 8.43. The first-order valence-corrected chi connectivity index (χ1v) is 9.91. The lowest BCUT2D eigenvalue weighted by Crippen LogP contribution is -2.27. The van der Waals surface area contributed by atoms with Gasteiger partial charge in [0.15, 0.2) is 0 Å². The van der Waals surface area contributed by atoms with E-state index in [1.54, 1.807) is 12.1 Å². The average molecular weight is 358 g/mol. The van der Waals surface area contributed by atoms with Crippen molar-refractivity contribution in [3.63, 3.8) is 0 Å². The Kier molecular flexibility index (Phi) is 4.92. The Bertz CT molecular complexity index is 889. The number of nitrogens with one attached hydrogen (secondary N) is 2. The number of carbonyl (C=O) groups is 1. The van der Waals surface area contributed by atoms with Crippen molar-refractivity contribution < 1.29 is 13.2 Å². The van der Waals surface area contributed by atoms with Gasteiger partial charge in [0.25, 0.3) is 0 Å². The predicted molar refractivity (Wildman–Crippen MR) is 97.9 cm³/mol. The Labute approximate surface area is 148 Å². The van der Waals surface area contributed by atoms with Crippen LogP contribution in [0.25, 0.3) is 0 Å². The molecule has 0 saturated heterocycles. The van der Waals surface area contributed by atoms with Crippen LogP contribution < -0.4 is 10.0 Å². The topological polar surface area (TPSA) is 75.3 Å². The number of aryl methyl sites for hydroxylation is 2. The van der Waals surface area contributed by atoms with E-state index in [-0.39, 0.29) is 16.8 Å². The third kappa shape index (κ3) is 3.91. The SMILES string of the molecule is CCc1ccc(C(C)NS(=O)(=O)c2ccc3c(c2)CCC(=O)N3)cc1. The third-order valence-electron chi connectivity index (χ3n) is 4.50. The quantitative estimate of drug-likeness (QED) is 0.862. The van der Waals surface area contributed by atoms with Crippen LogP contribution in [-0.4, -0.2) is 14.3 Å². The van der Waals surface area contributed by atoms with Gasteiger partial charge in [-0.3, -0.25) is 4.79 Å². The molecular formula is C19H22N2O3S. The summed E-state index contributed by atoms with van der Waals surface area (Å²) in [5.41, 5.74) is 3.68. The maximum Gasteiger partial charge on any atom is 0.241 e. The summed E-state index contributed by atoms with van der Waals surface area (Å²) >= 11 is 0. The van der Waals surface area contributed by atoms with Crippen molar-refractivity contribution in [2.45, 2.75) is 44.0 Å². The smallest absolute Gasteiger partial charge is 0.241 e. The lowest BCUT2D eigenvalue weighted by molar-refractivity contribution is -0.116. The third-order valence-corrected chi connectivity index (χ3v) is 6.04. The predicted octanol–water partition coefficient (Wildman–Crippen LogP) is 3.17. The Morgan fingerprint density at radius 1 is 1.12 bits per heavy atom. The van der Waals surface area contributed by atoms with Crippen LogP contribution >= 0.6 is 0 Å². The summed E-state index contributed by atoms with van der Waals surface area (Å²) in [6.45, 7) is 3.91. The molecule has 0 spiro atoms. The number of fused-ring (bicyclic) bond motifs is 1. The number of hydrogen-bond acceptors (Lipinski definition) is 3. The molecule has 1 atom stereocenters. The molecule has 0 aromatic heterocycles. The summed E-state index contributed by atoms with van der Waals surface area (Å²) in [5, 5.41) is 2.76. The molecule has 0 saturated carbocycles. The van der Waals surface area contributed by atoms with E-state index in [1.165, 1.54) is 11.6 Å². The van der Waals surface area contributed by atoms with Gasteiger partial charge in [0.2, 0.25) is 15.9 Å². The van der Waals surface area contributed by atoms with Crippen LogP contribution in [0.15, 0.2) is 47.4 Å². The van der Waals surface area contributed by atoms with Crippen molar-refractivity contribution in [1.29, 1.82) is 0 Å². The largest absolute Gasteiger partial charge is 0.326 e. The van der Waals surface area contributed by atoms with Gasteiger partial charge in [0, 0.05) is 18.2 Å². The van der Waals surface area contributed by atoms with Crippen molar-refractivity contribution in [3.05, 3.63) is 59.2 Å². The van der Waals surface area contributed by atoms with Crippen LogP contribution in [0, 0.1) is 0 Å². The number of benzene rings is 2. The molecule has 1 unspecified atom stereocenters. The lowest BCUT2D eigenvalue weighted by atomic mass is 10.0. The molecule has 0 bridgehead atoms. The van der Waals surface area contributed by atoms with Gasteiger partial charge in [-0.05, 0) is 54.7 Å². The molecule has 5 nitrogen and oxygen atoms in total. The maximum atomic E-state index is 12.7. The fourth-order valence-corrected chi connectivity index (χ4v) is 4.22. The van der Waals surface area contributed by atoms with Crippen molar-refractivity contribution in [2.24, 2.45) is 0 Å². The highest BCUT2D eigenvalue weighted by Gasteiger charge is 2.22. The minimum Gasteiger partial charge on any atom is -0.326 e. The van der Waals surface area contributed by atoms with E-state index >= 15 is 0 Å². The Morgan fingerprint density at radius 3 is 2.52 bits per heavy atom. The zero-order chi connectivity index (χ0) is 18.0. The summed E-state index contributed by atoms with van der Waals surface area (Å²) in [7, 11) is -3.63. The van der Waals surface area contributed by atoms with Gasteiger partial charge >= 0.3 is 0 Å². The van der Waals surface area contributed by atoms with Crippen LogP contribution in [0.1, 0.15) is 43.0 Å². The van der Waals surface area contributed by atoms with Crippen molar-refractivity contribution in [3.8, 4) is 0 Å². The second-order valence-electron chi connectivity index (χ2n) is 6.31. The summed E-state index contributed by atoms with van der Waals surface area (Å²) in [4.78, 5) is 11.6. The molecule has 0 aliphatic carbocycles. The fraction of sp³-hybridized carbons (Fsp3) is 0.316. The van der Waals surface area contributed by atoms with E-state index in [9.17, 15) is 13.2 Å². The first kappa shape index (κ1) is 17.6. The van der Waals surface area contributed by atoms with E-state index < -0.39 is 10.0 Å². The molecule has 0 radical (unpaired) electrons. The number of amides is 1. The Morgan fingerprint density at radius 2 is 1.84 bits per heavy atom.